The van der Waals surface area contributed by atoms with Gasteiger partial charge in [-0.25, -0.2) is 0 Å². The van der Waals surface area contributed by atoms with Crippen LogP contribution in [0.2, 0.25) is 0 Å². The van der Waals surface area contributed by atoms with Crippen LogP contribution in [0.25, 0.3) is 0 Å². The van der Waals surface area contributed by atoms with Crippen molar-refractivity contribution in [3.63, 3.8) is 0 Å². The van der Waals surface area contributed by atoms with Gasteiger partial charge >= 0.3 is 0 Å². The van der Waals surface area contributed by atoms with Gasteiger partial charge in [0.1, 0.15) is 0 Å². The van der Waals surface area contributed by atoms with Crippen LogP contribution in [-0.2, 0) is 4.74 Å². The fourth-order valence-electron chi connectivity index (χ4n) is 1.93. The van der Waals surface area contributed by atoms with Gasteiger partial charge in [-0.3, -0.25) is 0 Å². The minimum Gasteiger partial charge on any atom is -0.372 e. The van der Waals surface area contributed by atoms with Crippen LogP contribution >= 0.6 is 0 Å². The smallest absolute Gasteiger partial charge is 0.0734 e. The second-order valence-electron chi connectivity index (χ2n) is 4.04. The van der Waals surface area contributed by atoms with Crippen LogP contribution in [0.5, 0.6) is 0 Å². The molecule has 0 aromatic heterocycles. The number of rotatable bonds is 1. The van der Waals surface area contributed by atoms with Gasteiger partial charge in [0.05, 0.1) is 12.2 Å². The van der Waals surface area contributed by atoms with E-state index in [1.54, 1.807) is 0 Å². The maximum atomic E-state index is 5.84. The molecule has 0 radical (unpaired) electrons. The number of nitrogens with zero attached hydrogens (tertiary/aromatic N) is 1. The van der Waals surface area contributed by atoms with E-state index in [9.17, 15) is 0 Å². The van der Waals surface area contributed by atoms with Crippen molar-refractivity contribution in [3.05, 3.63) is 0 Å². The topological polar surface area (TPSA) is 12.5 Å². The summed E-state index contributed by atoms with van der Waals surface area (Å²) in [5.41, 5.74) is 0. The predicted octanol–water partition coefficient (Wildman–Crippen LogP) is 1.12. The Morgan fingerprint density at radius 3 is 2.55 bits per heavy atom. The van der Waals surface area contributed by atoms with Crippen LogP contribution in [-0.4, -0.2) is 37.2 Å². The Labute approximate surface area is 68.5 Å². The molecule has 11 heavy (non-hydrogen) atoms. The molecular weight excluding hydrogens is 138 g/mol. The third kappa shape index (κ3) is 1.74. The first-order valence-electron chi connectivity index (χ1n) is 4.59. The molecule has 2 atom stereocenters. The number of hydrogen-bond acceptors (Lipinski definition) is 2. The molecule has 1 heterocycles. The number of hydrogen-bond donors (Lipinski definition) is 0. The lowest BCUT2D eigenvalue weighted by molar-refractivity contribution is -0.0787. The van der Waals surface area contributed by atoms with E-state index in [2.05, 4.69) is 18.9 Å². The molecule has 1 saturated heterocycles. The lowest BCUT2D eigenvalue weighted by atomic mass is 10.1. The minimum atomic E-state index is 0.444. The highest BCUT2D eigenvalue weighted by Crippen LogP contribution is 2.36. The van der Waals surface area contributed by atoms with Crippen LogP contribution in [0.3, 0.4) is 0 Å². The molecule has 2 unspecified atom stereocenters. The maximum absolute atomic E-state index is 5.84. The zero-order valence-corrected chi connectivity index (χ0v) is 7.42. The molecule has 2 rings (SSSR count). The van der Waals surface area contributed by atoms with Crippen LogP contribution in [0.1, 0.15) is 19.8 Å². The first-order chi connectivity index (χ1) is 5.25. The quantitative estimate of drug-likeness (QED) is 0.562. The molecule has 64 valence electrons. The van der Waals surface area contributed by atoms with Crippen molar-refractivity contribution in [1.82, 2.24) is 4.90 Å². The van der Waals surface area contributed by atoms with Gasteiger partial charge in [0.25, 0.3) is 0 Å². The van der Waals surface area contributed by atoms with E-state index in [0.717, 1.165) is 19.0 Å². The Morgan fingerprint density at radius 1 is 1.27 bits per heavy atom. The van der Waals surface area contributed by atoms with Gasteiger partial charge in [-0.2, -0.15) is 0 Å². The fourth-order valence-corrected chi connectivity index (χ4v) is 1.93. The molecule has 1 aliphatic heterocycles. The standard InChI is InChI=1S/C9H17NO/c1-7-5-10(2)6-9(11-7)8-3-4-8/h7-9H,3-6H2,1-2H3. The summed E-state index contributed by atoms with van der Waals surface area (Å²) in [6.07, 6.45) is 3.78. The molecule has 0 spiro atoms. The summed E-state index contributed by atoms with van der Waals surface area (Å²) >= 11 is 0. The van der Waals surface area contributed by atoms with Crippen LogP contribution in [0.4, 0.5) is 0 Å². The van der Waals surface area contributed by atoms with Gasteiger partial charge in [0, 0.05) is 13.1 Å². The Morgan fingerprint density at radius 2 is 2.00 bits per heavy atom. The van der Waals surface area contributed by atoms with Gasteiger partial charge in [0.2, 0.25) is 0 Å². The largest absolute Gasteiger partial charge is 0.372 e. The highest BCUT2D eigenvalue weighted by Gasteiger charge is 2.36. The number of ether oxygens (including phenoxy) is 1. The molecule has 0 bridgehead atoms. The monoisotopic (exact) mass is 155 g/mol. The van der Waals surface area contributed by atoms with E-state index in [1.807, 2.05) is 0 Å². The van der Waals surface area contributed by atoms with Gasteiger partial charge in [-0.15, -0.1) is 0 Å². The van der Waals surface area contributed by atoms with E-state index in [-0.39, 0.29) is 0 Å². The van der Waals surface area contributed by atoms with Crippen molar-refractivity contribution < 1.29 is 4.74 Å². The summed E-state index contributed by atoms with van der Waals surface area (Å²) < 4.78 is 5.84. The second kappa shape index (κ2) is 2.76. The summed E-state index contributed by atoms with van der Waals surface area (Å²) in [6.45, 7) is 4.42. The Hall–Kier alpha value is -0.0800. The third-order valence-corrected chi connectivity index (χ3v) is 2.62. The molecule has 1 aliphatic carbocycles. The Bertz CT molecular complexity index is 134. The van der Waals surface area contributed by atoms with Crippen molar-refractivity contribution in [3.8, 4) is 0 Å². The second-order valence-corrected chi connectivity index (χ2v) is 4.04. The van der Waals surface area contributed by atoms with Gasteiger partial charge in [-0.05, 0) is 32.7 Å². The van der Waals surface area contributed by atoms with E-state index < -0.39 is 0 Å². The normalized spacial score (nSPS) is 40.9. The van der Waals surface area contributed by atoms with Gasteiger partial charge in [-0.1, -0.05) is 0 Å². The van der Waals surface area contributed by atoms with E-state index in [4.69, 9.17) is 4.74 Å². The molecule has 2 heteroatoms. The summed E-state index contributed by atoms with van der Waals surface area (Å²) in [4.78, 5) is 2.39. The van der Waals surface area contributed by atoms with Gasteiger partial charge < -0.3 is 9.64 Å². The summed E-state index contributed by atoms with van der Waals surface area (Å²) in [5.74, 6) is 0.889. The van der Waals surface area contributed by atoms with Crippen LogP contribution in [0, 0.1) is 5.92 Å². The fraction of sp³-hybridized carbons (Fsp3) is 1.00. The van der Waals surface area contributed by atoms with Crippen molar-refractivity contribution in [2.24, 2.45) is 5.92 Å². The summed E-state index contributed by atoms with van der Waals surface area (Å²) in [7, 11) is 2.19. The third-order valence-electron chi connectivity index (χ3n) is 2.62. The highest BCUT2D eigenvalue weighted by molar-refractivity contribution is 4.87. The van der Waals surface area contributed by atoms with Crippen molar-refractivity contribution in [2.45, 2.75) is 32.0 Å². The Kier molecular flexibility index (Phi) is 1.90. The molecule has 1 saturated carbocycles. The molecule has 0 aromatic carbocycles. The summed E-state index contributed by atoms with van der Waals surface area (Å²) in [6, 6.07) is 0. The first-order valence-corrected chi connectivity index (χ1v) is 4.59. The van der Waals surface area contributed by atoms with Crippen LogP contribution < -0.4 is 0 Å². The molecule has 2 aliphatic rings. The first kappa shape index (κ1) is 7.56. The van der Waals surface area contributed by atoms with Crippen LogP contribution in [0.15, 0.2) is 0 Å². The minimum absolute atomic E-state index is 0.444. The lowest BCUT2D eigenvalue weighted by Gasteiger charge is -2.34. The zero-order valence-electron chi connectivity index (χ0n) is 7.42. The average Bonchev–Trinajstić information content (AvgIpc) is 2.64. The molecule has 0 N–H and O–H groups in total. The van der Waals surface area contributed by atoms with E-state index >= 15 is 0 Å². The molecule has 0 amide bonds. The summed E-state index contributed by atoms with van der Waals surface area (Å²) in [5, 5.41) is 0. The van der Waals surface area contributed by atoms with E-state index in [1.165, 1.54) is 12.8 Å². The molecule has 2 fully saturated rings. The SMILES string of the molecule is CC1CN(C)CC(C2CC2)O1. The zero-order chi connectivity index (χ0) is 7.84. The predicted molar refractivity (Wildman–Crippen MR) is 44.6 cm³/mol. The van der Waals surface area contributed by atoms with Gasteiger partial charge in [0.15, 0.2) is 0 Å². The average molecular weight is 155 g/mol. The van der Waals surface area contributed by atoms with Crippen molar-refractivity contribution >= 4 is 0 Å². The highest BCUT2D eigenvalue weighted by atomic mass is 16.5. The van der Waals surface area contributed by atoms with E-state index in [0.29, 0.717) is 12.2 Å². The molecular formula is C9H17NO. The van der Waals surface area contributed by atoms with Crippen molar-refractivity contribution in [1.29, 1.82) is 0 Å². The Balaban J connectivity index is 1.89. The number of likely N-dealkylation sites (N-methyl/N-ethyl adjacent to an activating group) is 1. The lowest BCUT2D eigenvalue weighted by Crippen LogP contribution is -2.45. The molecule has 0 aromatic rings. The maximum Gasteiger partial charge on any atom is 0.0734 e. The van der Waals surface area contributed by atoms with Crippen molar-refractivity contribution in [2.75, 3.05) is 20.1 Å². The number of morpholine rings is 1. The molecule has 2 nitrogen and oxygen atoms in total.